The quantitative estimate of drug-likeness (QED) is 0.183. The van der Waals surface area contributed by atoms with E-state index in [1.165, 1.54) is 0 Å². The third-order valence-corrected chi connectivity index (χ3v) is 10.1. The molecular weight excluding hydrogens is 665 g/mol. The van der Waals surface area contributed by atoms with Gasteiger partial charge < -0.3 is 18.0 Å². The zero-order valence-electron chi connectivity index (χ0n) is 36.2. The molecule has 0 aliphatic carbocycles. The van der Waals surface area contributed by atoms with Crippen molar-refractivity contribution in [1.29, 1.82) is 0 Å². The molecule has 0 aliphatic rings. The first-order valence-electron chi connectivity index (χ1n) is 21.4. The van der Waals surface area contributed by atoms with Gasteiger partial charge in [-0.1, -0.05) is 72.8 Å². The normalized spacial score (nSPS) is 14.1. The number of para-hydroxylation sites is 5. The van der Waals surface area contributed by atoms with E-state index in [0.717, 1.165) is 32.3 Å². The molecule has 12 rings (SSSR count). The molecule has 0 amide bonds. The molecule has 0 N–H and O–H groups in total. The minimum absolute atomic E-state index is 0.0162. The summed E-state index contributed by atoms with van der Waals surface area (Å²) in [5.41, 5.74) is 4.26. The van der Waals surface area contributed by atoms with E-state index >= 15 is 0 Å². The van der Waals surface area contributed by atoms with Gasteiger partial charge in [-0.15, -0.1) is 0 Å². The molecule has 0 saturated carbocycles. The molecule has 4 aromatic heterocycles. The predicted molar refractivity (Wildman–Crippen MR) is 219 cm³/mol. The second-order valence-electron chi connectivity index (χ2n) is 13.2. The van der Waals surface area contributed by atoms with Crippen molar-refractivity contribution >= 4 is 76.6 Å². The summed E-state index contributed by atoms with van der Waals surface area (Å²) in [6.45, 7) is 0. The monoisotopic (exact) mass is 700 g/mol. The minimum Gasteiger partial charge on any atom is -0.436 e. The fraction of sp³-hybridized carbons (Fsp3) is 0. The summed E-state index contributed by atoms with van der Waals surface area (Å²) in [4.78, 5) is 9.02. The molecule has 6 heteroatoms. The van der Waals surface area contributed by atoms with Crippen molar-refractivity contribution < 1.29 is 19.8 Å². The van der Waals surface area contributed by atoms with Gasteiger partial charge in [0.05, 0.1) is 33.0 Å². The van der Waals surface area contributed by atoms with E-state index < -0.39 is 0 Å². The Kier molecular flexibility index (Phi) is 4.59. The highest BCUT2D eigenvalue weighted by molar-refractivity contribution is 6.25. The SMILES string of the molecule is [2H]c1c([2H])c(-n2c3ccccc3c3cc4c5c6ccccc6ccc5n(-c5c([2H])c([2H])c(-c6nc7ccccc7o6)c([2H])c5[2H])c4cc32)c([2H])c([2H])c1-c1nc2ccccc2o1. The van der Waals surface area contributed by atoms with E-state index in [0.29, 0.717) is 44.3 Å². The maximum atomic E-state index is 9.51. The number of oxazole rings is 2. The van der Waals surface area contributed by atoms with Gasteiger partial charge in [0.1, 0.15) is 11.0 Å². The summed E-state index contributed by atoms with van der Waals surface area (Å²) in [6.07, 6.45) is 0. The lowest BCUT2D eigenvalue weighted by atomic mass is 10.0. The van der Waals surface area contributed by atoms with Gasteiger partial charge in [-0.25, -0.2) is 9.97 Å². The molecule has 8 aromatic carbocycles. The van der Waals surface area contributed by atoms with Crippen molar-refractivity contribution in [3.63, 3.8) is 0 Å². The lowest BCUT2D eigenvalue weighted by Crippen LogP contribution is -1.96. The maximum absolute atomic E-state index is 9.51. The van der Waals surface area contributed by atoms with Gasteiger partial charge in [0, 0.05) is 44.0 Å². The molecule has 252 valence electrons. The van der Waals surface area contributed by atoms with E-state index in [1.807, 2.05) is 72.8 Å². The van der Waals surface area contributed by atoms with Crippen molar-refractivity contribution in [2.45, 2.75) is 0 Å². The molecule has 0 radical (unpaired) electrons. The van der Waals surface area contributed by atoms with Gasteiger partial charge in [-0.2, -0.15) is 0 Å². The lowest BCUT2D eigenvalue weighted by molar-refractivity contribution is 0.619. The average molecular weight is 701 g/mol. The Morgan fingerprint density at radius 3 is 1.61 bits per heavy atom. The zero-order valence-corrected chi connectivity index (χ0v) is 28.2. The molecule has 0 aliphatic heterocycles. The van der Waals surface area contributed by atoms with Gasteiger partial charge in [-0.3, -0.25) is 0 Å². The lowest BCUT2D eigenvalue weighted by Gasteiger charge is -2.11. The first-order chi connectivity index (χ1) is 30.1. The fourth-order valence-corrected chi connectivity index (χ4v) is 7.74. The summed E-state index contributed by atoms with van der Waals surface area (Å²) in [5, 5.41) is 5.07. The first-order valence-corrected chi connectivity index (χ1v) is 17.4. The van der Waals surface area contributed by atoms with Crippen molar-refractivity contribution in [2.75, 3.05) is 0 Å². The van der Waals surface area contributed by atoms with Crippen LogP contribution >= 0.6 is 0 Å². The van der Waals surface area contributed by atoms with Crippen LogP contribution < -0.4 is 0 Å². The molecule has 0 fully saturated rings. The maximum Gasteiger partial charge on any atom is 0.227 e. The molecule has 54 heavy (non-hydrogen) atoms. The third kappa shape index (κ3) is 4.22. The predicted octanol–water partition coefficient (Wildman–Crippen LogP) is 12.7. The summed E-state index contributed by atoms with van der Waals surface area (Å²) < 4.78 is 90.3. The first kappa shape index (κ1) is 22.5. The second kappa shape index (κ2) is 11.0. The Morgan fingerprint density at radius 2 is 0.963 bits per heavy atom. The minimum atomic E-state index is -0.318. The van der Waals surface area contributed by atoms with Gasteiger partial charge >= 0.3 is 0 Å². The molecule has 12 aromatic rings. The summed E-state index contributed by atoms with van der Waals surface area (Å²) in [7, 11) is 0. The Bertz CT molecular complexity index is 3820. The molecule has 6 nitrogen and oxygen atoms in total. The van der Waals surface area contributed by atoms with Crippen LogP contribution in [0, 0.1) is 0 Å². The van der Waals surface area contributed by atoms with Crippen LogP contribution in [0.3, 0.4) is 0 Å². The number of hydrogen-bond acceptors (Lipinski definition) is 4. The molecule has 4 heterocycles. The van der Waals surface area contributed by atoms with Gasteiger partial charge in [0.25, 0.3) is 0 Å². The number of nitrogens with zero attached hydrogens (tertiary/aromatic N) is 4. The summed E-state index contributed by atoms with van der Waals surface area (Å²) in [5.74, 6) is -0.0336. The van der Waals surface area contributed by atoms with Gasteiger partial charge in [-0.05, 0) is 108 Å². The van der Waals surface area contributed by atoms with Crippen molar-refractivity contribution in [3.05, 3.63) is 170 Å². The van der Waals surface area contributed by atoms with Crippen LogP contribution in [0.4, 0.5) is 0 Å². The van der Waals surface area contributed by atoms with Crippen LogP contribution in [0.5, 0.6) is 0 Å². The average Bonchev–Trinajstić information content (AvgIpc) is 4.06. The van der Waals surface area contributed by atoms with Crippen molar-refractivity contribution in [3.8, 4) is 34.3 Å². The topological polar surface area (TPSA) is 61.9 Å². The molecule has 0 spiro atoms. The van der Waals surface area contributed by atoms with Crippen molar-refractivity contribution in [2.24, 2.45) is 0 Å². The molecule has 0 saturated heterocycles. The van der Waals surface area contributed by atoms with Crippen LogP contribution in [0.2, 0.25) is 0 Å². The standard InChI is InChI=1S/C48H28N4O2/c1-2-10-34-29(9-1)21-26-41-46(34)37-27-36-35-11-3-6-14-40(35)51(32-22-17-30(18-23-32)47-49-38-12-4-7-15-44(38)53-47)42(36)28-43(37)52(41)33-24-19-31(20-25-33)48-50-39-13-5-8-16-45(39)54-48/h1-28H/i17D,18D,19D,20D,22D,23D,24D,25D. The van der Waals surface area contributed by atoms with Crippen molar-refractivity contribution in [1.82, 2.24) is 19.1 Å². The van der Waals surface area contributed by atoms with E-state index in [4.69, 9.17) is 8.83 Å². The van der Waals surface area contributed by atoms with Crippen LogP contribution in [0.25, 0.3) is 111 Å². The second-order valence-corrected chi connectivity index (χ2v) is 13.2. The molecule has 0 bridgehead atoms. The van der Waals surface area contributed by atoms with Gasteiger partial charge in [0.2, 0.25) is 11.8 Å². The highest BCUT2D eigenvalue weighted by Crippen LogP contribution is 2.42. The number of aromatic nitrogens is 4. The Morgan fingerprint density at radius 1 is 0.426 bits per heavy atom. The molecule has 0 unspecified atom stereocenters. The highest BCUT2D eigenvalue weighted by atomic mass is 16.4. The zero-order chi connectivity index (χ0) is 42.3. The number of rotatable bonds is 4. The summed E-state index contributed by atoms with van der Waals surface area (Å²) >= 11 is 0. The van der Waals surface area contributed by atoms with E-state index in [1.54, 1.807) is 57.7 Å². The number of fused-ring (bicyclic) bond motifs is 10. The van der Waals surface area contributed by atoms with Crippen LogP contribution in [-0.4, -0.2) is 19.1 Å². The molecular formula is C48H28N4O2. The number of benzene rings is 8. The Hall–Kier alpha value is -7.44. The highest BCUT2D eigenvalue weighted by Gasteiger charge is 2.20. The third-order valence-electron chi connectivity index (χ3n) is 10.1. The number of hydrogen-bond donors (Lipinski definition) is 0. The van der Waals surface area contributed by atoms with E-state index in [-0.39, 0.29) is 82.6 Å². The van der Waals surface area contributed by atoms with E-state index in [9.17, 15) is 11.0 Å². The van der Waals surface area contributed by atoms with Gasteiger partial charge in [0.15, 0.2) is 11.2 Å². The molecule has 0 atom stereocenters. The summed E-state index contributed by atoms with van der Waals surface area (Å²) in [6, 6.07) is 35.0. The smallest absolute Gasteiger partial charge is 0.227 e. The van der Waals surface area contributed by atoms with E-state index in [2.05, 4.69) is 9.97 Å². The Labute approximate surface area is 319 Å². The van der Waals surface area contributed by atoms with Crippen LogP contribution in [-0.2, 0) is 0 Å². The Balaban J connectivity index is 1.19. The van der Waals surface area contributed by atoms with Crippen LogP contribution in [0.1, 0.15) is 11.0 Å². The fourth-order valence-electron chi connectivity index (χ4n) is 7.74. The largest absolute Gasteiger partial charge is 0.436 e. The van der Waals surface area contributed by atoms with Crippen LogP contribution in [0.15, 0.2) is 179 Å².